The topological polar surface area (TPSA) is 47.9 Å². The van der Waals surface area contributed by atoms with Crippen molar-refractivity contribution in [1.29, 1.82) is 0 Å². The van der Waals surface area contributed by atoms with Crippen LogP contribution in [0.5, 0.6) is 0 Å². The van der Waals surface area contributed by atoms with Crippen LogP contribution < -0.4 is 0 Å². The smallest absolute Gasteiger partial charge is 0.324 e. The van der Waals surface area contributed by atoms with Crippen molar-refractivity contribution in [3.8, 4) is 0 Å². The fourth-order valence-corrected chi connectivity index (χ4v) is 8.42. The van der Waals surface area contributed by atoms with Gasteiger partial charge in [0.15, 0.2) is 8.32 Å². The van der Waals surface area contributed by atoms with Gasteiger partial charge < -0.3 is 18.4 Å². The second-order valence-electron chi connectivity index (χ2n) is 4.99. The van der Waals surface area contributed by atoms with Gasteiger partial charge in [0.2, 0.25) is 0 Å². The normalized spacial score (nSPS) is 12.9. The summed E-state index contributed by atoms with van der Waals surface area (Å²) in [4.78, 5) is 0. The summed E-state index contributed by atoms with van der Waals surface area (Å²) in [5.74, 6) is 0. The summed E-state index contributed by atoms with van der Waals surface area (Å²) in [5.41, 5.74) is 0. The first kappa shape index (κ1) is 32.3. The first-order chi connectivity index (χ1) is 7.33. The maximum atomic E-state index is 8.56. The van der Waals surface area contributed by atoms with Crippen LogP contribution >= 0.6 is 0 Å². The second kappa shape index (κ2) is 15.7. The van der Waals surface area contributed by atoms with Crippen LogP contribution in [0, 0.1) is 0 Å². The lowest BCUT2D eigenvalue weighted by Crippen LogP contribution is -2.46. The average Bonchev–Trinajstić information content (AvgIpc) is 2.15. The molecule has 0 heterocycles. The highest BCUT2D eigenvalue weighted by Gasteiger charge is 2.34. The van der Waals surface area contributed by atoms with Gasteiger partial charge in [0, 0.05) is 13.7 Å². The first-order valence-electron chi connectivity index (χ1n) is 5.77. The quantitative estimate of drug-likeness (QED) is 0.499. The predicted octanol–water partition coefficient (Wildman–Crippen LogP) is 4.50. The molecule has 1 N–H and O–H groups in total. The van der Waals surface area contributed by atoms with Crippen molar-refractivity contribution >= 4 is 16.9 Å². The van der Waals surface area contributed by atoms with Gasteiger partial charge in [0.1, 0.15) is 0 Å². The van der Waals surface area contributed by atoms with E-state index >= 15 is 0 Å². The van der Waals surface area contributed by atoms with E-state index in [4.69, 9.17) is 18.4 Å². The molecule has 0 radical (unpaired) electrons. The van der Waals surface area contributed by atoms with E-state index in [1.807, 2.05) is 0 Å². The van der Waals surface area contributed by atoms with Crippen LogP contribution in [0.4, 0.5) is 0 Å². The molecule has 0 rings (SSSR count). The monoisotopic (exact) mass is 330 g/mol. The summed E-state index contributed by atoms with van der Waals surface area (Å²) in [6, 6.07) is 0.944. The summed E-state index contributed by atoms with van der Waals surface area (Å²) in [7, 11) is -1.80. The van der Waals surface area contributed by atoms with Crippen molar-refractivity contribution in [2.75, 3.05) is 26.9 Å². The van der Waals surface area contributed by atoms with Crippen LogP contribution in [0.1, 0.15) is 36.1 Å². The second-order valence-corrected chi connectivity index (χ2v) is 13.2. The van der Waals surface area contributed by atoms with Gasteiger partial charge in [-0.3, -0.25) is 0 Å². The van der Waals surface area contributed by atoms with Crippen molar-refractivity contribution in [3.63, 3.8) is 0 Å². The van der Waals surface area contributed by atoms with Crippen molar-refractivity contribution in [2.24, 2.45) is 0 Å². The average molecular weight is 331 g/mol. The molecule has 0 amide bonds. The number of aliphatic hydroxyl groups excluding tert-OH is 1. The predicted molar refractivity (Wildman–Crippen MR) is 97.3 cm³/mol. The van der Waals surface area contributed by atoms with E-state index < -0.39 is 16.9 Å². The molecule has 0 aromatic carbocycles. The summed E-state index contributed by atoms with van der Waals surface area (Å²) < 4.78 is 16.9. The summed E-state index contributed by atoms with van der Waals surface area (Å²) >= 11 is 0. The van der Waals surface area contributed by atoms with E-state index in [1.54, 1.807) is 7.11 Å². The summed E-state index contributed by atoms with van der Waals surface area (Å²) in [6.45, 7) is 9.82. The van der Waals surface area contributed by atoms with Gasteiger partial charge in [-0.1, -0.05) is 29.7 Å². The Labute approximate surface area is 131 Å². The third-order valence-corrected chi connectivity index (χ3v) is 8.41. The maximum Gasteiger partial charge on any atom is 0.324 e. The van der Waals surface area contributed by atoms with Gasteiger partial charge in [0.05, 0.1) is 13.2 Å². The highest BCUT2D eigenvalue weighted by atomic mass is 28.4. The van der Waals surface area contributed by atoms with Gasteiger partial charge >= 0.3 is 8.56 Å². The third-order valence-electron chi connectivity index (χ3n) is 2.11. The minimum atomic E-state index is -2.00. The Balaban J connectivity index is -0.000000187. The van der Waals surface area contributed by atoms with Gasteiger partial charge in [0.25, 0.3) is 0 Å². The van der Waals surface area contributed by atoms with Crippen LogP contribution in [-0.2, 0) is 13.3 Å². The first-order valence-corrected chi connectivity index (χ1v) is 11.7. The molecule has 1 unspecified atom stereocenters. The zero-order valence-corrected chi connectivity index (χ0v) is 13.2. The Morgan fingerprint density at radius 1 is 0.900 bits per heavy atom. The van der Waals surface area contributed by atoms with Crippen molar-refractivity contribution in [3.05, 3.63) is 0 Å². The molecule has 0 aliphatic heterocycles. The zero-order chi connectivity index (χ0) is 12.7. The molecule has 0 saturated heterocycles. The molecule has 0 bridgehead atoms. The Morgan fingerprint density at radius 2 is 1.40 bits per heavy atom. The standard InChI is InChI=1S/C10H26O4Si2.4CH4/c1-12-16(5,14-15(2,3)4)10-6-8-13-9-7-11;;;;/h11H,6-10H2,1-5H3;4*1H4. The van der Waals surface area contributed by atoms with Gasteiger partial charge in [-0.25, -0.2) is 0 Å². The minimum absolute atomic E-state index is 0. The molecule has 0 saturated carbocycles. The Hall–Kier alpha value is 0.274. The number of hydrogen-bond acceptors (Lipinski definition) is 4. The molecule has 0 spiro atoms. The molecule has 0 aliphatic carbocycles. The molecule has 0 aliphatic rings. The van der Waals surface area contributed by atoms with E-state index in [-0.39, 0.29) is 36.3 Å². The van der Waals surface area contributed by atoms with E-state index in [9.17, 15) is 0 Å². The van der Waals surface area contributed by atoms with Crippen LogP contribution in [0.25, 0.3) is 0 Å². The van der Waals surface area contributed by atoms with E-state index in [0.717, 1.165) is 12.5 Å². The molecule has 130 valence electrons. The summed E-state index contributed by atoms with van der Waals surface area (Å²) in [5, 5.41) is 8.56. The summed E-state index contributed by atoms with van der Waals surface area (Å²) in [6.07, 6.45) is 0.932. The van der Waals surface area contributed by atoms with Crippen LogP contribution in [-0.4, -0.2) is 48.9 Å². The Bertz CT molecular complexity index is 187. The largest absolute Gasteiger partial charge is 0.436 e. The molecule has 0 fully saturated rings. The highest BCUT2D eigenvalue weighted by molar-refractivity contribution is 6.81. The van der Waals surface area contributed by atoms with Crippen LogP contribution in [0.2, 0.25) is 32.2 Å². The van der Waals surface area contributed by atoms with Gasteiger partial charge in [-0.15, -0.1) is 0 Å². The fraction of sp³-hybridized carbons (Fsp3) is 1.00. The molecule has 0 aromatic rings. The SMILES string of the molecule is C.C.C.C.CO[Si](C)(CCCOCCO)O[Si](C)(C)C. The van der Waals surface area contributed by atoms with Crippen LogP contribution in [0.3, 0.4) is 0 Å². The molecule has 1 atom stereocenters. The van der Waals surface area contributed by atoms with Gasteiger partial charge in [-0.05, 0) is 38.7 Å². The molecule has 0 aromatic heterocycles. The Morgan fingerprint density at radius 3 is 1.75 bits per heavy atom. The van der Waals surface area contributed by atoms with Crippen molar-refractivity contribution < 1.29 is 18.4 Å². The van der Waals surface area contributed by atoms with Crippen LogP contribution in [0.15, 0.2) is 0 Å². The van der Waals surface area contributed by atoms with Gasteiger partial charge in [-0.2, -0.15) is 0 Å². The lowest BCUT2D eigenvalue weighted by atomic mass is 10.5. The van der Waals surface area contributed by atoms with Crippen molar-refractivity contribution in [1.82, 2.24) is 0 Å². The molecular weight excluding hydrogens is 288 g/mol. The number of aliphatic hydroxyl groups is 1. The minimum Gasteiger partial charge on any atom is -0.436 e. The highest BCUT2D eigenvalue weighted by Crippen LogP contribution is 2.20. The number of hydrogen-bond donors (Lipinski definition) is 1. The van der Waals surface area contributed by atoms with E-state index in [2.05, 4.69) is 26.2 Å². The maximum absolute atomic E-state index is 8.56. The molecule has 6 heteroatoms. The fourth-order valence-electron chi connectivity index (χ4n) is 1.50. The van der Waals surface area contributed by atoms with Crippen molar-refractivity contribution in [2.45, 2.75) is 68.4 Å². The third kappa shape index (κ3) is 18.3. The number of ether oxygens (including phenoxy) is 1. The van der Waals surface area contributed by atoms with E-state index in [1.165, 1.54) is 0 Å². The lowest BCUT2D eigenvalue weighted by Gasteiger charge is -2.32. The zero-order valence-electron chi connectivity index (χ0n) is 11.2. The Kier molecular flexibility index (Phi) is 25.3. The van der Waals surface area contributed by atoms with E-state index in [0.29, 0.717) is 13.2 Å². The number of rotatable bonds is 9. The molecule has 20 heavy (non-hydrogen) atoms. The molecular formula is C14H42O4Si2. The molecule has 4 nitrogen and oxygen atoms in total. The lowest BCUT2D eigenvalue weighted by molar-refractivity contribution is 0.0916.